The van der Waals surface area contributed by atoms with Crippen LogP contribution in [0.5, 0.6) is 0 Å². The minimum Gasteiger partial charge on any atom is -0.446 e. The molecule has 3 aromatic heterocycles. The van der Waals surface area contributed by atoms with Crippen LogP contribution in [0.1, 0.15) is 11.3 Å². The summed E-state index contributed by atoms with van der Waals surface area (Å²) < 4.78 is 8.49. The molecule has 0 aliphatic rings. The number of thiazole rings is 1. The Kier molecular flexibility index (Phi) is 6.45. The summed E-state index contributed by atoms with van der Waals surface area (Å²) in [7, 11) is 0. The number of benzene rings is 2. The summed E-state index contributed by atoms with van der Waals surface area (Å²) in [6, 6.07) is 21.7. The van der Waals surface area contributed by atoms with Gasteiger partial charge in [0.2, 0.25) is 5.82 Å². The van der Waals surface area contributed by atoms with E-state index in [9.17, 15) is 0 Å². The fourth-order valence-electron chi connectivity index (χ4n) is 3.16. The first-order chi connectivity index (χ1) is 15.7. The highest BCUT2D eigenvalue weighted by Gasteiger charge is 2.18. The van der Waals surface area contributed by atoms with Crippen LogP contribution >= 0.6 is 50.6 Å². The Morgan fingerprint density at radius 2 is 1.81 bits per heavy atom. The van der Waals surface area contributed by atoms with Gasteiger partial charge < -0.3 is 4.42 Å². The second-order valence-corrected chi connectivity index (χ2v) is 9.94. The second-order valence-electron chi connectivity index (χ2n) is 6.92. The minimum atomic E-state index is 0.650. The average molecular weight is 544 g/mol. The zero-order valence-electron chi connectivity index (χ0n) is 16.6. The number of hydrogen-bond acceptors (Lipinski definition) is 6. The number of aromatic nitrogens is 4. The van der Waals surface area contributed by atoms with E-state index in [1.54, 1.807) is 23.1 Å². The molecule has 0 N–H and O–H groups in total. The van der Waals surface area contributed by atoms with Crippen molar-refractivity contribution >= 4 is 50.6 Å². The molecule has 0 radical (unpaired) electrons. The highest BCUT2D eigenvalue weighted by Crippen LogP contribution is 2.31. The van der Waals surface area contributed by atoms with E-state index >= 15 is 0 Å². The van der Waals surface area contributed by atoms with E-state index < -0.39 is 0 Å². The standard InChI is InChI=1S/C23H16BrClN4OS2/c24-20-11-10-19(30-20)21-27-28-23(29(21)12-15-4-2-1-3-5-15)32-14-18-13-31-22(26-18)16-6-8-17(25)9-7-16/h1-11,13H,12,14H2. The van der Waals surface area contributed by atoms with Crippen molar-refractivity contribution in [1.82, 2.24) is 19.7 Å². The predicted molar refractivity (Wildman–Crippen MR) is 133 cm³/mol. The molecule has 0 fully saturated rings. The van der Waals surface area contributed by atoms with Crippen molar-refractivity contribution in [2.45, 2.75) is 17.5 Å². The van der Waals surface area contributed by atoms with Gasteiger partial charge in [0.1, 0.15) is 5.01 Å². The molecule has 2 aromatic carbocycles. The highest BCUT2D eigenvalue weighted by atomic mass is 79.9. The summed E-state index contributed by atoms with van der Waals surface area (Å²) in [6.07, 6.45) is 0. The molecule has 0 saturated carbocycles. The van der Waals surface area contributed by atoms with Gasteiger partial charge in [0.05, 0.1) is 12.2 Å². The first-order valence-electron chi connectivity index (χ1n) is 9.72. The number of halogens is 2. The lowest BCUT2D eigenvalue weighted by Gasteiger charge is -2.09. The van der Waals surface area contributed by atoms with E-state index in [1.807, 2.05) is 54.6 Å². The number of thioether (sulfide) groups is 1. The molecular weight excluding hydrogens is 528 g/mol. The van der Waals surface area contributed by atoms with Crippen LogP contribution in [0.2, 0.25) is 5.02 Å². The molecule has 0 atom stereocenters. The molecule has 0 aliphatic carbocycles. The molecule has 0 saturated heterocycles. The Labute approximate surface area is 206 Å². The van der Waals surface area contributed by atoms with E-state index in [4.69, 9.17) is 21.0 Å². The zero-order chi connectivity index (χ0) is 21.9. The number of rotatable bonds is 7. The van der Waals surface area contributed by atoms with Gasteiger partial charge in [-0.15, -0.1) is 21.5 Å². The molecule has 0 unspecified atom stereocenters. The van der Waals surface area contributed by atoms with Crippen molar-refractivity contribution in [3.05, 3.63) is 93.1 Å². The molecular formula is C23H16BrClN4OS2. The lowest BCUT2D eigenvalue weighted by Crippen LogP contribution is -2.04. The first kappa shape index (κ1) is 21.5. The number of furan rings is 1. The van der Waals surface area contributed by atoms with Crippen molar-refractivity contribution in [2.75, 3.05) is 0 Å². The lowest BCUT2D eigenvalue weighted by molar-refractivity contribution is 0.545. The quantitative estimate of drug-likeness (QED) is 0.200. The van der Waals surface area contributed by atoms with Gasteiger partial charge in [-0.1, -0.05) is 65.8 Å². The molecule has 5 aromatic rings. The molecule has 9 heteroatoms. The summed E-state index contributed by atoms with van der Waals surface area (Å²) >= 11 is 12.6. The van der Waals surface area contributed by atoms with Crippen molar-refractivity contribution in [3.63, 3.8) is 0 Å². The Balaban J connectivity index is 1.39. The van der Waals surface area contributed by atoms with Crippen molar-refractivity contribution < 1.29 is 4.42 Å². The molecule has 0 aliphatic heterocycles. The van der Waals surface area contributed by atoms with Crippen molar-refractivity contribution in [2.24, 2.45) is 0 Å². The van der Waals surface area contributed by atoms with Gasteiger partial charge in [-0.05, 0) is 45.8 Å². The zero-order valence-corrected chi connectivity index (χ0v) is 20.6. The van der Waals surface area contributed by atoms with Gasteiger partial charge in [-0.25, -0.2) is 4.98 Å². The first-order valence-corrected chi connectivity index (χ1v) is 12.8. The molecule has 5 rings (SSSR count). The molecule has 5 nitrogen and oxygen atoms in total. The smallest absolute Gasteiger partial charge is 0.200 e. The van der Waals surface area contributed by atoms with Crippen LogP contribution < -0.4 is 0 Å². The normalized spacial score (nSPS) is 11.2. The highest BCUT2D eigenvalue weighted by molar-refractivity contribution is 9.10. The molecule has 0 bridgehead atoms. The fraction of sp³-hybridized carbons (Fsp3) is 0.0870. The van der Waals surface area contributed by atoms with E-state index in [1.165, 1.54) is 5.56 Å². The van der Waals surface area contributed by atoms with Crippen LogP contribution in [0.15, 0.2) is 86.4 Å². The Bertz CT molecular complexity index is 1330. The summed E-state index contributed by atoms with van der Waals surface area (Å²) in [5.74, 6) is 2.06. The van der Waals surface area contributed by atoms with Crippen molar-refractivity contribution in [1.29, 1.82) is 0 Å². The van der Waals surface area contributed by atoms with Gasteiger partial charge in [0, 0.05) is 21.7 Å². The maximum atomic E-state index is 6.00. The maximum absolute atomic E-state index is 6.00. The van der Waals surface area contributed by atoms with Gasteiger partial charge in [-0.3, -0.25) is 4.57 Å². The minimum absolute atomic E-state index is 0.650. The monoisotopic (exact) mass is 542 g/mol. The third-order valence-corrected chi connectivity index (χ3v) is 7.30. The summed E-state index contributed by atoms with van der Waals surface area (Å²) in [6.45, 7) is 0.650. The topological polar surface area (TPSA) is 56.7 Å². The molecule has 3 heterocycles. The number of nitrogens with zero attached hydrogens (tertiary/aromatic N) is 4. The Morgan fingerprint density at radius 3 is 2.56 bits per heavy atom. The average Bonchev–Trinajstić information content (AvgIpc) is 3.54. The second kappa shape index (κ2) is 9.62. The SMILES string of the molecule is Clc1ccc(-c2nc(CSc3nnc(-c4ccc(Br)o4)n3Cc3ccccc3)cs2)cc1. The summed E-state index contributed by atoms with van der Waals surface area (Å²) in [4.78, 5) is 4.78. The summed E-state index contributed by atoms with van der Waals surface area (Å²) in [5.41, 5.74) is 3.23. The Morgan fingerprint density at radius 1 is 1.00 bits per heavy atom. The van der Waals surface area contributed by atoms with E-state index in [0.717, 1.165) is 26.4 Å². The largest absolute Gasteiger partial charge is 0.446 e. The molecule has 0 amide bonds. The molecule has 160 valence electrons. The number of hydrogen-bond donors (Lipinski definition) is 0. The summed E-state index contributed by atoms with van der Waals surface area (Å²) in [5, 5.41) is 13.5. The predicted octanol–water partition coefficient (Wildman–Crippen LogP) is 7.42. The lowest BCUT2D eigenvalue weighted by atomic mass is 10.2. The van der Waals surface area contributed by atoms with Crippen LogP contribution in [0.25, 0.3) is 22.2 Å². The van der Waals surface area contributed by atoms with Gasteiger partial charge in [-0.2, -0.15) is 0 Å². The molecule has 0 spiro atoms. The van der Waals surface area contributed by atoms with Crippen LogP contribution in [0.4, 0.5) is 0 Å². The van der Waals surface area contributed by atoms with Crippen molar-refractivity contribution in [3.8, 4) is 22.2 Å². The van der Waals surface area contributed by atoms with Crippen LogP contribution in [0, 0.1) is 0 Å². The van der Waals surface area contributed by atoms with Crippen LogP contribution in [0.3, 0.4) is 0 Å². The van der Waals surface area contributed by atoms with Crippen LogP contribution in [-0.2, 0) is 12.3 Å². The fourth-order valence-corrected chi connectivity index (χ4v) is 5.35. The Hall–Kier alpha value is -2.39. The van der Waals surface area contributed by atoms with E-state index in [0.29, 0.717) is 28.6 Å². The molecule has 32 heavy (non-hydrogen) atoms. The maximum Gasteiger partial charge on any atom is 0.200 e. The third kappa shape index (κ3) is 4.83. The van der Waals surface area contributed by atoms with E-state index in [-0.39, 0.29) is 0 Å². The van der Waals surface area contributed by atoms with Gasteiger partial charge in [0.15, 0.2) is 15.6 Å². The van der Waals surface area contributed by atoms with Gasteiger partial charge >= 0.3 is 0 Å². The van der Waals surface area contributed by atoms with E-state index in [2.05, 4.69) is 48.2 Å². The van der Waals surface area contributed by atoms with Gasteiger partial charge in [0.25, 0.3) is 0 Å². The third-order valence-electron chi connectivity index (χ3n) is 4.69. The van der Waals surface area contributed by atoms with Crippen LogP contribution in [-0.4, -0.2) is 19.7 Å².